The number of hydrogen-bond donors (Lipinski definition) is 0. The topological polar surface area (TPSA) is 36.4 Å². The van der Waals surface area contributed by atoms with Crippen molar-refractivity contribution < 1.29 is 4.79 Å². The van der Waals surface area contributed by atoms with Gasteiger partial charge in [0.05, 0.1) is 15.1 Å². The largest absolute Gasteiger partial charge is 0.352 e. The lowest BCUT2D eigenvalue weighted by Gasteiger charge is -2.35. The molecule has 26 heavy (non-hydrogen) atoms. The molecule has 0 bridgehead atoms. The number of hydrogen-bond acceptors (Lipinski definition) is 4. The van der Waals surface area contributed by atoms with E-state index in [1.165, 1.54) is 11.3 Å². The van der Waals surface area contributed by atoms with E-state index in [-0.39, 0.29) is 5.91 Å². The normalized spacial score (nSPS) is 14.9. The van der Waals surface area contributed by atoms with Gasteiger partial charge >= 0.3 is 0 Å². The molecule has 3 heterocycles. The van der Waals surface area contributed by atoms with Crippen molar-refractivity contribution in [1.82, 2.24) is 9.88 Å². The van der Waals surface area contributed by atoms with Gasteiger partial charge in [0.15, 0.2) is 0 Å². The number of carbonyl (C=O) groups excluding carboxylic acids is 1. The van der Waals surface area contributed by atoms with E-state index in [1.807, 2.05) is 29.2 Å². The van der Waals surface area contributed by atoms with Crippen LogP contribution in [-0.2, 0) is 0 Å². The zero-order chi connectivity index (χ0) is 18.3. The van der Waals surface area contributed by atoms with Crippen LogP contribution in [0.5, 0.6) is 0 Å². The molecule has 0 atom stereocenters. The number of piperazine rings is 1. The predicted octanol–water partition coefficient (Wildman–Crippen LogP) is 5.22. The minimum atomic E-state index is -0.0222. The van der Waals surface area contributed by atoms with Crippen LogP contribution in [0.25, 0.3) is 10.1 Å². The molecule has 4 nitrogen and oxygen atoms in total. The Morgan fingerprint density at radius 3 is 2.50 bits per heavy atom. The number of halogens is 3. The van der Waals surface area contributed by atoms with Gasteiger partial charge in [-0.1, -0.05) is 53.0 Å². The lowest BCUT2D eigenvalue weighted by molar-refractivity contribution is 0.0751. The molecule has 1 aliphatic heterocycles. The Kier molecular flexibility index (Phi) is 4.97. The van der Waals surface area contributed by atoms with Crippen molar-refractivity contribution in [2.75, 3.05) is 31.1 Å². The average Bonchev–Trinajstić information content (AvgIpc) is 2.98. The van der Waals surface area contributed by atoms with E-state index in [9.17, 15) is 4.79 Å². The summed E-state index contributed by atoms with van der Waals surface area (Å²) in [5.41, 5.74) is 0. The molecule has 0 unspecified atom stereocenters. The van der Waals surface area contributed by atoms with E-state index in [4.69, 9.17) is 34.8 Å². The highest BCUT2D eigenvalue weighted by molar-refractivity contribution is 7.21. The minimum Gasteiger partial charge on any atom is -0.352 e. The molecule has 8 heteroatoms. The van der Waals surface area contributed by atoms with Crippen molar-refractivity contribution in [1.29, 1.82) is 0 Å². The second kappa shape index (κ2) is 7.24. The van der Waals surface area contributed by atoms with Crippen LogP contribution in [0.1, 0.15) is 9.67 Å². The smallest absolute Gasteiger partial charge is 0.265 e. The molecule has 1 amide bonds. The maximum atomic E-state index is 12.9. The fraction of sp³-hybridized carbons (Fsp3) is 0.222. The number of carbonyl (C=O) groups is 1. The summed E-state index contributed by atoms with van der Waals surface area (Å²) in [5, 5.41) is 2.50. The zero-order valence-electron chi connectivity index (χ0n) is 13.6. The maximum Gasteiger partial charge on any atom is 0.265 e. The van der Waals surface area contributed by atoms with Crippen LogP contribution in [0, 0.1) is 0 Å². The number of rotatable bonds is 2. The van der Waals surface area contributed by atoms with Gasteiger partial charge in [-0.3, -0.25) is 4.79 Å². The lowest BCUT2D eigenvalue weighted by Crippen LogP contribution is -2.49. The molecule has 1 aromatic carbocycles. The van der Waals surface area contributed by atoms with Crippen LogP contribution in [0.2, 0.25) is 15.1 Å². The van der Waals surface area contributed by atoms with E-state index in [1.54, 1.807) is 12.3 Å². The number of amides is 1. The standard InChI is InChI=1S/C18H14Cl3N3OS/c19-11-9-13(20)17(22-10-11)23-5-7-24(8-6-23)18(25)16-15(21)12-3-1-2-4-14(12)26-16/h1-4,9-10H,5-8H2. The number of fused-ring (bicyclic) bond motifs is 1. The third-order valence-corrected chi connectivity index (χ3v) is 6.53. The Morgan fingerprint density at radius 1 is 1.08 bits per heavy atom. The number of benzene rings is 1. The second-order valence-corrected chi connectivity index (χ2v) is 8.25. The van der Waals surface area contributed by atoms with Gasteiger partial charge in [-0.15, -0.1) is 11.3 Å². The third kappa shape index (κ3) is 3.25. The Morgan fingerprint density at radius 2 is 1.81 bits per heavy atom. The summed E-state index contributed by atoms with van der Waals surface area (Å²) < 4.78 is 1.02. The highest BCUT2D eigenvalue weighted by Gasteiger charge is 2.27. The summed E-state index contributed by atoms with van der Waals surface area (Å²) in [6.45, 7) is 2.49. The van der Waals surface area contributed by atoms with Crippen LogP contribution < -0.4 is 4.90 Å². The summed E-state index contributed by atoms with van der Waals surface area (Å²) in [7, 11) is 0. The summed E-state index contributed by atoms with van der Waals surface area (Å²) >= 11 is 20.0. The molecular weight excluding hydrogens is 413 g/mol. The summed E-state index contributed by atoms with van der Waals surface area (Å²) in [4.78, 5) is 21.7. The molecule has 4 rings (SSSR count). The molecule has 1 aliphatic rings. The number of pyridine rings is 1. The van der Waals surface area contributed by atoms with Gasteiger partial charge in [-0.2, -0.15) is 0 Å². The highest BCUT2D eigenvalue weighted by atomic mass is 35.5. The van der Waals surface area contributed by atoms with Crippen LogP contribution in [0.15, 0.2) is 36.5 Å². The van der Waals surface area contributed by atoms with Crippen LogP contribution in [0.3, 0.4) is 0 Å². The third-order valence-electron chi connectivity index (χ3n) is 4.38. The Labute approximate surface area is 169 Å². The Hall–Kier alpha value is -1.53. The van der Waals surface area contributed by atoms with Gasteiger partial charge in [-0.25, -0.2) is 4.98 Å². The molecule has 2 aromatic heterocycles. The molecular formula is C18H14Cl3N3OS. The quantitative estimate of drug-likeness (QED) is 0.564. The molecule has 0 saturated carbocycles. The summed E-state index contributed by atoms with van der Waals surface area (Å²) in [6, 6.07) is 9.48. The van der Waals surface area contributed by atoms with E-state index in [2.05, 4.69) is 9.88 Å². The van der Waals surface area contributed by atoms with Crippen LogP contribution in [0.4, 0.5) is 5.82 Å². The summed E-state index contributed by atoms with van der Waals surface area (Å²) in [6.07, 6.45) is 1.58. The van der Waals surface area contributed by atoms with Crippen molar-refractivity contribution in [3.8, 4) is 0 Å². The first-order valence-electron chi connectivity index (χ1n) is 8.07. The van der Waals surface area contributed by atoms with Crippen molar-refractivity contribution in [2.45, 2.75) is 0 Å². The van der Waals surface area contributed by atoms with Gasteiger partial charge in [0, 0.05) is 42.5 Å². The maximum absolute atomic E-state index is 12.9. The average molecular weight is 427 g/mol. The number of anilines is 1. The van der Waals surface area contributed by atoms with Gasteiger partial charge in [0.1, 0.15) is 10.7 Å². The zero-order valence-corrected chi connectivity index (χ0v) is 16.7. The lowest BCUT2D eigenvalue weighted by atomic mass is 10.2. The first-order valence-corrected chi connectivity index (χ1v) is 10.0. The Bertz CT molecular complexity index is 983. The number of thiophene rings is 1. The Balaban J connectivity index is 1.50. The number of aromatic nitrogens is 1. The van der Waals surface area contributed by atoms with Crippen molar-refractivity contribution in [3.63, 3.8) is 0 Å². The van der Waals surface area contributed by atoms with Gasteiger partial charge < -0.3 is 9.80 Å². The van der Waals surface area contributed by atoms with Crippen molar-refractivity contribution >= 4 is 68.0 Å². The molecule has 1 fully saturated rings. The monoisotopic (exact) mass is 425 g/mol. The van der Waals surface area contributed by atoms with Crippen molar-refractivity contribution in [2.24, 2.45) is 0 Å². The molecule has 0 radical (unpaired) electrons. The van der Waals surface area contributed by atoms with Gasteiger partial charge in [-0.05, 0) is 12.1 Å². The summed E-state index contributed by atoms with van der Waals surface area (Å²) in [5.74, 6) is 0.675. The van der Waals surface area contributed by atoms with Crippen LogP contribution in [-0.4, -0.2) is 42.0 Å². The molecule has 1 saturated heterocycles. The van der Waals surface area contributed by atoms with E-state index in [0.29, 0.717) is 51.9 Å². The minimum absolute atomic E-state index is 0.0222. The molecule has 0 N–H and O–H groups in total. The predicted molar refractivity (Wildman–Crippen MR) is 109 cm³/mol. The van der Waals surface area contributed by atoms with Gasteiger partial charge in [0.25, 0.3) is 5.91 Å². The molecule has 134 valence electrons. The van der Waals surface area contributed by atoms with Gasteiger partial charge in [0.2, 0.25) is 0 Å². The first-order chi connectivity index (χ1) is 12.5. The SMILES string of the molecule is O=C(c1sc2ccccc2c1Cl)N1CCN(c2ncc(Cl)cc2Cl)CC1. The fourth-order valence-corrected chi connectivity index (χ4v) is 5.04. The molecule has 0 aliphatic carbocycles. The first kappa shape index (κ1) is 17.9. The molecule has 3 aromatic rings. The van der Waals surface area contributed by atoms with Crippen molar-refractivity contribution in [3.05, 3.63) is 56.5 Å². The van der Waals surface area contributed by atoms with E-state index in [0.717, 1.165) is 10.1 Å². The number of nitrogens with zero attached hydrogens (tertiary/aromatic N) is 3. The van der Waals surface area contributed by atoms with Crippen LogP contribution >= 0.6 is 46.1 Å². The second-order valence-electron chi connectivity index (χ2n) is 5.98. The highest BCUT2D eigenvalue weighted by Crippen LogP contribution is 2.36. The molecule has 0 spiro atoms. The van der Waals surface area contributed by atoms with E-state index < -0.39 is 0 Å². The fourth-order valence-electron chi connectivity index (χ4n) is 3.06. The van der Waals surface area contributed by atoms with E-state index >= 15 is 0 Å².